The second-order valence-corrected chi connectivity index (χ2v) is 10.4. The first-order valence-electron chi connectivity index (χ1n) is 13.7. The number of nitrogens with one attached hydrogen (secondary N) is 1. The number of rotatable bonds is 9. The van der Waals surface area contributed by atoms with Gasteiger partial charge in [0.2, 0.25) is 12.7 Å². The minimum absolute atomic E-state index is 0.0986. The summed E-state index contributed by atoms with van der Waals surface area (Å²) in [6, 6.07) is 23.2. The van der Waals surface area contributed by atoms with Crippen LogP contribution < -0.4 is 14.8 Å². The molecule has 3 heterocycles. The Hall–Kier alpha value is -5.25. The molecule has 42 heavy (non-hydrogen) atoms. The fourth-order valence-electron chi connectivity index (χ4n) is 4.99. The largest absolute Gasteiger partial charge is 0.454 e. The van der Waals surface area contributed by atoms with Gasteiger partial charge < -0.3 is 19.7 Å². The highest BCUT2D eigenvalue weighted by Crippen LogP contribution is 2.35. The van der Waals surface area contributed by atoms with Crippen molar-refractivity contribution >= 4 is 28.5 Å². The first-order valence-corrected chi connectivity index (χ1v) is 13.7. The summed E-state index contributed by atoms with van der Waals surface area (Å²) >= 11 is 0. The molecule has 0 fully saturated rings. The van der Waals surface area contributed by atoms with Crippen LogP contribution in [0.4, 0.5) is 5.69 Å². The van der Waals surface area contributed by atoms with Gasteiger partial charge in [0.1, 0.15) is 18.1 Å². The van der Waals surface area contributed by atoms with Gasteiger partial charge in [0.25, 0.3) is 5.91 Å². The predicted molar refractivity (Wildman–Crippen MR) is 157 cm³/mol. The van der Waals surface area contributed by atoms with E-state index in [-0.39, 0.29) is 31.7 Å². The third-order valence-corrected chi connectivity index (χ3v) is 7.22. The predicted octanol–water partition coefficient (Wildman–Crippen LogP) is 5.09. The summed E-state index contributed by atoms with van der Waals surface area (Å²) < 4.78 is 12.5. The zero-order chi connectivity index (χ0) is 29.1. The summed E-state index contributed by atoms with van der Waals surface area (Å²) in [6.07, 6.45) is 3.37. The van der Waals surface area contributed by atoms with Crippen LogP contribution >= 0.6 is 0 Å². The number of ether oxygens (including phenoxy) is 2. The zero-order valence-electron chi connectivity index (χ0n) is 23.3. The van der Waals surface area contributed by atoms with Gasteiger partial charge in [-0.05, 0) is 52.9 Å². The summed E-state index contributed by atoms with van der Waals surface area (Å²) in [5.74, 6) is 0.808. The lowest BCUT2D eigenvalue weighted by Gasteiger charge is -2.32. The average molecular weight is 563 g/mol. The fourth-order valence-corrected chi connectivity index (χ4v) is 4.99. The van der Waals surface area contributed by atoms with Gasteiger partial charge in [-0.25, -0.2) is 4.68 Å². The van der Waals surface area contributed by atoms with E-state index in [0.29, 0.717) is 34.2 Å². The van der Waals surface area contributed by atoms with E-state index >= 15 is 0 Å². The number of amides is 2. The van der Waals surface area contributed by atoms with Gasteiger partial charge in [0, 0.05) is 30.7 Å². The highest BCUT2D eigenvalue weighted by atomic mass is 16.7. The van der Waals surface area contributed by atoms with Crippen LogP contribution in [0, 0.1) is 0 Å². The Morgan fingerprint density at radius 1 is 0.952 bits per heavy atom. The van der Waals surface area contributed by atoms with Crippen LogP contribution in [0.5, 0.6) is 11.5 Å². The van der Waals surface area contributed by atoms with E-state index in [1.165, 1.54) is 0 Å². The Morgan fingerprint density at radius 2 is 1.74 bits per heavy atom. The number of anilines is 1. The Bertz CT molecular complexity index is 1720. The van der Waals surface area contributed by atoms with Crippen LogP contribution in [-0.2, 0) is 22.7 Å². The van der Waals surface area contributed by atoms with Crippen molar-refractivity contribution in [3.63, 3.8) is 0 Å². The molecule has 0 saturated carbocycles. The summed E-state index contributed by atoms with van der Waals surface area (Å²) in [4.78, 5) is 34.1. The second-order valence-electron chi connectivity index (χ2n) is 10.4. The molecule has 0 aliphatic carbocycles. The van der Waals surface area contributed by atoms with Gasteiger partial charge in [-0.1, -0.05) is 61.5 Å². The SMILES string of the molecule is CC(C)c1ccc(C(C(=O)Nc2ccc3c(c2)OCO3)N(Cc2cccnc2)C(=O)Cn2nnc3ccccc32)cc1. The van der Waals surface area contributed by atoms with E-state index in [9.17, 15) is 9.59 Å². The van der Waals surface area contributed by atoms with Crippen LogP contribution in [0.3, 0.4) is 0 Å². The van der Waals surface area contributed by atoms with Gasteiger partial charge in [0.05, 0.1) is 5.52 Å². The van der Waals surface area contributed by atoms with Crippen LogP contribution in [-0.4, -0.2) is 43.5 Å². The van der Waals surface area contributed by atoms with E-state index in [1.54, 1.807) is 40.2 Å². The molecule has 10 heteroatoms. The number of nitrogens with zero attached hydrogens (tertiary/aromatic N) is 5. The molecule has 0 bridgehead atoms. The quantitative estimate of drug-likeness (QED) is 0.266. The lowest BCUT2D eigenvalue weighted by Crippen LogP contribution is -2.42. The van der Waals surface area contributed by atoms with Crippen LogP contribution in [0.1, 0.15) is 42.5 Å². The molecule has 2 aromatic heterocycles. The number of hydrogen-bond donors (Lipinski definition) is 1. The van der Waals surface area contributed by atoms with Gasteiger partial charge in [-0.15, -0.1) is 5.10 Å². The highest BCUT2D eigenvalue weighted by molar-refractivity contribution is 5.98. The van der Waals surface area contributed by atoms with Crippen molar-refractivity contribution < 1.29 is 19.1 Å². The number of para-hydroxylation sites is 1. The van der Waals surface area contributed by atoms with E-state index < -0.39 is 6.04 Å². The normalized spacial score (nSPS) is 12.8. The smallest absolute Gasteiger partial charge is 0.251 e. The average Bonchev–Trinajstić information content (AvgIpc) is 3.64. The molecule has 3 aromatic carbocycles. The zero-order valence-corrected chi connectivity index (χ0v) is 23.3. The number of fused-ring (bicyclic) bond motifs is 2. The van der Waals surface area contributed by atoms with E-state index in [2.05, 4.69) is 34.5 Å². The van der Waals surface area contributed by atoms with Crippen molar-refractivity contribution in [1.82, 2.24) is 24.9 Å². The Morgan fingerprint density at radius 3 is 2.52 bits per heavy atom. The van der Waals surface area contributed by atoms with Gasteiger partial charge in [-0.2, -0.15) is 0 Å². The van der Waals surface area contributed by atoms with Crippen molar-refractivity contribution in [2.75, 3.05) is 12.1 Å². The van der Waals surface area contributed by atoms with Crippen LogP contribution in [0.15, 0.2) is 91.3 Å². The maximum atomic E-state index is 14.2. The molecule has 212 valence electrons. The van der Waals surface area contributed by atoms with E-state index in [0.717, 1.165) is 16.6 Å². The molecule has 10 nitrogen and oxygen atoms in total. The molecular formula is C32H30N6O4. The third kappa shape index (κ3) is 5.64. The number of aromatic nitrogens is 4. The molecule has 1 aliphatic rings. The van der Waals surface area contributed by atoms with Crippen molar-refractivity contribution in [3.8, 4) is 11.5 Å². The van der Waals surface area contributed by atoms with Gasteiger partial charge in [0.15, 0.2) is 11.5 Å². The number of pyridine rings is 1. The third-order valence-electron chi connectivity index (χ3n) is 7.22. The van der Waals surface area contributed by atoms with Gasteiger partial charge in [-0.3, -0.25) is 14.6 Å². The summed E-state index contributed by atoms with van der Waals surface area (Å²) in [5.41, 5.74) is 4.55. The monoisotopic (exact) mass is 562 g/mol. The fraction of sp³-hybridized carbons (Fsp3) is 0.219. The molecule has 5 aromatic rings. The van der Waals surface area contributed by atoms with Crippen molar-refractivity contribution in [2.45, 2.75) is 38.9 Å². The van der Waals surface area contributed by atoms with Crippen molar-refractivity contribution in [1.29, 1.82) is 0 Å². The van der Waals surface area contributed by atoms with Crippen LogP contribution in [0.2, 0.25) is 0 Å². The molecule has 2 amide bonds. The Balaban J connectivity index is 1.39. The Labute approximate surface area is 242 Å². The molecular weight excluding hydrogens is 532 g/mol. The number of carbonyl (C=O) groups excluding carboxylic acids is 2. The lowest BCUT2D eigenvalue weighted by molar-refractivity contribution is -0.140. The highest BCUT2D eigenvalue weighted by Gasteiger charge is 2.33. The first-order chi connectivity index (χ1) is 20.5. The van der Waals surface area contributed by atoms with E-state index in [1.807, 2.05) is 60.7 Å². The molecule has 1 aliphatic heterocycles. The van der Waals surface area contributed by atoms with Crippen molar-refractivity contribution in [2.24, 2.45) is 0 Å². The molecule has 0 spiro atoms. The molecule has 1 unspecified atom stereocenters. The van der Waals surface area contributed by atoms with Gasteiger partial charge >= 0.3 is 0 Å². The molecule has 0 radical (unpaired) electrons. The summed E-state index contributed by atoms with van der Waals surface area (Å²) in [6.45, 7) is 4.41. The molecule has 0 saturated heterocycles. The minimum atomic E-state index is -0.959. The van der Waals surface area contributed by atoms with Crippen molar-refractivity contribution in [3.05, 3.63) is 108 Å². The number of benzene rings is 3. The summed E-state index contributed by atoms with van der Waals surface area (Å²) in [5, 5.41) is 11.4. The summed E-state index contributed by atoms with van der Waals surface area (Å²) in [7, 11) is 0. The molecule has 1 N–H and O–H groups in total. The van der Waals surface area contributed by atoms with Crippen LogP contribution in [0.25, 0.3) is 11.0 Å². The molecule has 6 rings (SSSR count). The lowest BCUT2D eigenvalue weighted by atomic mass is 9.97. The maximum Gasteiger partial charge on any atom is 0.251 e. The Kier molecular flexibility index (Phi) is 7.50. The maximum absolute atomic E-state index is 14.2. The second kappa shape index (κ2) is 11.7. The standard InChI is InChI=1S/C32H30N6O4/c1-21(2)23-9-11-24(12-10-23)31(32(40)34-25-13-14-28-29(16-25)42-20-41-28)37(18-22-6-5-15-33-17-22)30(39)19-38-27-8-4-3-7-26(27)35-36-38/h3-17,21,31H,18-20H2,1-2H3,(H,34,40). The number of carbonyl (C=O) groups is 2. The van der Waals surface area contributed by atoms with E-state index in [4.69, 9.17) is 9.47 Å². The first kappa shape index (κ1) is 26.9. The minimum Gasteiger partial charge on any atom is -0.454 e. The number of hydrogen-bond acceptors (Lipinski definition) is 7. The molecule has 1 atom stereocenters. The topological polar surface area (TPSA) is 111 Å².